The minimum atomic E-state index is 0.541. The van der Waals surface area contributed by atoms with E-state index in [0.717, 1.165) is 37.6 Å². The minimum Gasteiger partial charge on any atom is -0.299 e. The number of nitrogens with zero attached hydrogens (tertiary/aromatic N) is 1. The molecule has 0 aliphatic heterocycles. The highest BCUT2D eigenvalue weighted by Crippen LogP contribution is 2.47. The zero-order chi connectivity index (χ0) is 28.0. The molecule has 38 heavy (non-hydrogen) atoms. The maximum absolute atomic E-state index is 4.68. The molecule has 212 valence electrons. The molecule has 3 aliphatic rings. The van der Waals surface area contributed by atoms with Crippen molar-refractivity contribution in [2.75, 3.05) is 19.6 Å². The molecule has 0 aromatic carbocycles. The van der Waals surface area contributed by atoms with Crippen LogP contribution in [0.15, 0.2) is 69.9 Å². The molecule has 3 aliphatic carbocycles. The normalized spacial score (nSPS) is 25.0. The molecule has 0 saturated heterocycles. The highest BCUT2D eigenvalue weighted by Gasteiger charge is 2.35. The van der Waals surface area contributed by atoms with Crippen LogP contribution in [0.4, 0.5) is 0 Å². The number of hydrogen-bond acceptors (Lipinski definition) is 1. The lowest BCUT2D eigenvalue weighted by molar-refractivity contribution is 0.272. The van der Waals surface area contributed by atoms with E-state index in [2.05, 4.69) is 85.6 Å². The molecule has 0 aromatic rings. The Balaban J connectivity index is 1.93. The van der Waals surface area contributed by atoms with Crippen LogP contribution in [0.3, 0.4) is 0 Å². The summed E-state index contributed by atoms with van der Waals surface area (Å²) < 4.78 is 0. The summed E-state index contributed by atoms with van der Waals surface area (Å²) in [5, 5.41) is 0. The van der Waals surface area contributed by atoms with Crippen molar-refractivity contribution in [1.82, 2.24) is 4.90 Å². The van der Waals surface area contributed by atoms with Gasteiger partial charge < -0.3 is 0 Å². The second kappa shape index (κ2) is 14.2. The van der Waals surface area contributed by atoms with Gasteiger partial charge in [0.1, 0.15) is 0 Å². The van der Waals surface area contributed by atoms with Gasteiger partial charge in [0, 0.05) is 19.6 Å². The van der Waals surface area contributed by atoms with E-state index < -0.39 is 0 Å². The summed E-state index contributed by atoms with van der Waals surface area (Å²) >= 11 is 0. The third-order valence-electron chi connectivity index (χ3n) is 9.89. The van der Waals surface area contributed by atoms with Crippen LogP contribution in [0, 0.1) is 29.6 Å². The Morgan fingerprint density at radius 3 is 2.00 bits per heavy atom. The fourth-order valence-corrected chi connectivity index (χ4v) is 6.63. The molecule has 3 atom stereocenters. The second-order valence-corrected chi connectivity index (χ2v) is 13.4. The Kier molecular flexibility index (Phi) is 11.5. The van der Waals surface area contributed by atoms with Gasteiger partial charge in [-0.3, -0.25) is 4.90 Å². The van der Waals surface area contributed by atoms with Crippen LogP contribution in [-0.2, 0) is 0 Å². The molecule has 3 unspecified atom stereocenters. The van der Waals surface area contributed by atoms with E-state index in [-0.39, 0.29) is 0 Å². The van der Waals surface area contributed by atoms with Crippen molar-refractivity contribution >= 4 is 0 Å². The summed E-state index contributed by atoms with van der Waals surface area (Å²) in [5.74, 6) is 3.75. The topological polar surface area (TPSA) is 3.24 Å². The van der Waals surface area contributed by atoms with Crippen molar-refractivity contribution in [2.45, 2.75) is 113 Å². The van der Waals surface area contributed by atoms with Crippen molar-refractivity contribution in [3.8, 4) is 0 Å². The predicted molar refractivity (Wildman–Crippen MR) is 169 cm³/mol. The summed E-state index contributed by atoms with van der Waals surface area (Å²) in [5.41, 5.74) is 12.0. The molecule has 1 heteroatoms. The van der Waals surface area contributed by atoms with Crippen LogP contribution in [0.5, 0.6) is 0 Å². The van der Waals surface area contributed by atoms with Gasteiger partial charge in [-0.1, -0.05) is 73.9 Å². The van der Waals surface area contributed by atoms with Crippen LogP contribution in [-0.4, -0.2) is 24.5 Å². The zero-order valence-corrected chi connectivity index (χ0v) is 26.4. The lowest BCUT2D eigenvalue weighted by atomic mass is 9.65. The van der Waals surface area contributed by atoms with Gasteiger partial charge in [-0.2, -0.15) is 0 Å². The first-order valence-electron chi connectivity index (χ1n) is 15.8. The second-order valence-electron chi connectivity index (χ2n) is 13.4. The zero-order valence-electron chi connectivity index (χ0n) is 26.4. The van der Waals surface area contributed by atoms with Gasteiger partial charge in [0.25, 0.3) is 0 Å². The molecule has 0 aromatic heterocycles. The first-order chi connectivity index (χ1) is 18.1. The van der Waals surface area contributed by atoms with Crippen LogP contribution < -0.4 is 0 Å². The maximum Gasteiger partial charge on any atom is 0.0233 e. The SMILES string of the molecule is C=C/C(CN(CC1CC1)CC1CC1)=C(\C)CC1CC(CC(C)=C(C)C)C(C)C(CC)=C1C(=C)/C=C(/C)CC. The molecule has 0 radical (unpaired) electrons. The fourth-order valence-electron chi connectivity index (χ4n) is 6.63. The lowest BCUT2D eigenvalue weighted by Gasteiger charge is -2.40. The molecule has 0 bridgehead atoms. The third-order valence-corrected chi connectivity index (χ3v) is 9.89. The molecule has 0 amide bonds. The van der Waals surface area contributed by atoms with E-state index >= 15 is 0 Å². The lowest BCUT2D eigenvalue weighted by Crippen LogP contribution is -2.31. The van der Waals surface area contributed by atoms with Gasteiger partial charge in [-0.25, -0.2) is 0 Å². The molecule has 1 nitrogen and oxygen atoms in total. The van der Waals surface area contributed by atoms with Gasteiger partial charge >= 0.3 is 0 Å². The van der Waals surface area contributed by atoms with Gasteiger partial charge in [-0.05, 0) is 139 Å². The molecule has 2 fully saturated rings. The largest absolute Gasteiger partial charge is 0.299 e. The molecular weight excluding hydrogens is 458 g/mol. The summed E-state index contributed by atoms with van der Waals surface area (Å²) in [6.07, 6.45) is 16.1. The third kappa shape index (κ3) is 8.70. The Hall–Kier alpha value is -1.60. The molecule has 0 heterocycles. The molecule has 3 rings (SSSR count). The Morgan fingerprint density at radius 1 is 0.921 bits per heavy atom. The summed E-state index contributed by atoms with van der Waals surface area (Å²) in [6, 6.07) is 0. The summed E-state index contributed by atoms with van der Waals surface area (Å²) in [7, 11) is 0. The first kappa shape index (κ1) is 30.9. The Morgan fingerprint density at radius 2 is 1.53 bits per heavy atom. The van der Waals surface area contributed by atoms with E-state index in [4.69, 9.17) is 0 Å². The van der Waals surface area contributed by atoms with Gasteiger partial charge in [0.05, 0.1) is 0 Å². The molecule has 2 saturated carbocycles. The van der Waals surface area contributed by atoms with E-state index in [1.807, 2.05) is 0 Å². The van der Waals surface area contributed by atoms with E-state index in [0.29, 0.717) is 17.8 Å². The minimum absolute atomic E-state index is 0.541. The average molecular weight is 518 g/mol. The van der Waals surface area contributed by atoms with E-state index in [9.17, 15) is 0 Å². The number of hydrogen-bond donors (Lipinski definition) is 0. The monoisotopic (exact) mass is 517 g/mol. The smallest absolute Gasteiger partial charge is 0.0233 e. The number of rotatable bonds is 15. The molecule has 0 spiro atoms. The molecule has 0 N–H and O–H groups in total. The first-order valence-corrected chi connectivity index (χ1v) is 15.8. The predicted octanol–water partition coefficient (Wildman–Crippen LogP) is 10.6. The van der Waals surface area contributed by atoms with Crippen LogP contribution in [0.1, 0.15) is 113 Å². The quantitative estimate of drug-likeness (QED) is 0.154. The summed E-state index contributed by atoms with van der Waals surface area (Å²) in [4.78, 5) is 2.76. The summed E-state index contributed by atoms with van der Waals surface area (Å²) in [6.45, 7) is 31.3. The van der Waals surface area contributed by atoms with Gasteiger partial charge in [0.2, 0.25) is 0 Å². The van der Waals surface area contributed by atoms with E-state index in [1.54, 1.807) is 22.3 Å². The number of allylic oxidation sites excluding steroid dienone is 8. The van der Waals surface area contributed by atoms with Gasteiger partial charge in [0.15, 0.2) is 0 Å². The Labute approximate surface area is 236 Å². The van der Waals surface area contributed by atoms with Crippen molar-refractivity contribution < 1.29 is 0 Å². The van der Waals surface area contributed by atoms with Crippen LogP contribution in [0.25, 0.3) is 0 Å². The Bertz CT molecular complexity index is 956. The highest BCUT2D eigenvalue weighted by molar-refractivity contribution is 5.46. The maximum atomic E-state index is 4.68. The van der Waals surface area contributed by atoms with Crippen LogP contribution in [0.2, 0.25) is 0 Å². The van der Waals surface area contributed by atoms with Crippen molar-refractivity contribution in [3.05, 3.63) is 69.9 Å². The van der Waals surface area contributed by atoms with E-state index in [1.165, 1.54) is 73.9 Å². The molecular formula is C37H59N. The average Bonchev–Trinajstić information content (AvgIpc) is 3.81. The van der Waals surface area contributed by atoms with Crippen molar-refractivity contribution in [3.63, 3.8) is 0 Å². The van der Waals surface area contributed by atoms with Gasteiger partial charge in [-0.15, -0.1) is 0 Å². The standard InChI is InChI=1S/C37H59N/c1-11-26(6)18-29(9)37-35(21-34(19-27(7)25(4)5)30(10)36(37)13-3)20-28(8)33(12-2)24-38(22-31-14-15-31)23-32-16-17-32/h12,18,30-32,34-35H,2,9,11,13-17,19-24H2,1,3-8,10H3/b26-18-,33-28-. The van der Waals surface area contributed by atoms with Crippen LogP contribution >= 0.6 is 0 Å². The fraction of sp³-hybridized carbons (Fsp3) is 0.676. The van der Waals surface area contributed by atoms with Crippen molar-refractivity contribution in [2.24, 2.45) is 29.6 Å². The van der Waals surface area contributed by atoms with Crippen molar-refractivity contribution in [1.29, 1.82) is 0 Å². The highest BCUT2D eigenvalue weighted by atomic mass is 15.1.